The van der Waals surface area contributed by atoms with E-state index in [-0.39, 0.29) is 17.3 Å². The molecule has 0 saturated carbocycles. The maximum Gasteiger partial charge on any atom is 0.264 e. The SMILES string of the molecule is CCCCNC(=O)C(CC)N(Cc1ccccc1C)C(=O)CN(c1ccccc1C)S(=O)(=O)c1ccc(Cl)cc1. The van der Waals surface area contributed by atoms with E-state index in [1.54, 1.807) is 25.1 Å². The highest BCUT2D eigenvalue weighted by Crippen LogP contribution is 2.28. The fourth-order valence-corrected chi connectivity index (χ4v) is 6.09. The largest absolute Gasteiger partial charge is 0.354 e. The fourth-order valence-electron chi connectivity index (χ4n) is 4.49. The molecule has 0 aromatic heterocycles. The number of hydrogen-bond donors (Lipinski definition) is 1. The molecule has 0 saturated heterocycles. The Morgan fingerprint density at radius 3 is 2.12 bits per heavy atom. The highest BCUT2D eigenvalue weighted by molar-refractivity contribution is 7.92. The highest BCUT2D eigenvalue weighted by atomic mass is 35.5. The van der Waals surface area contributed by atoms with E-state index in [1.807, 2.05) is 51.1 Å². The first-order chi connectivity index (χ1) is 19.1. The summed E-state index contributed by atoms with van der Waals surface area (Å²) in [6.07, 6.45) is 2.13. The van der Waals surface area contributed by atoms with Crippen molar-refractivity contribution in [3.05, 3.63) is 94.5 Å². The van der Waals surface area contributed by atoms with Crippen LogP contribution in [0.25, 0.3) is 0 Å². The van der Waals surface area contributed by atoms with Gasteiger partial charge in [-0.05, 0) is 73.7 Å². The lowest BCUT2D eigenvalue weighted by molar-refractivity contribution is -0.140. The molecule has 3 aromatic rings. The molecular weight excluding hydrogens is 546 g/mol. The predicted octanol–water partition coefficient (Wildman–Crippen LogP) is 5.88. The van der Waals surface area contributed by atoms with Crippen molar-refractivity contribution in [3.8, 4) is 0 Å². The molecule has 0 spiro atoms. The molecule has 3 aromatic carbocycles. The van der Waals surface area contributed by atoms with Gasteiger partial charge in [0.25, 0.3) is 10.0 Å². The van der Waals surface area contributed by atoms with Crippen LogP contribution in [-0.4, -0.2) is 44.3 Å². The number of amides is 2. The quantitative estimate of drug-likeness (QED) is 0.255. The van der Waals surface area contributed by atoms with Crippen LogP contribution in [0, 0.1) is 13.8 Å². The Morgan fingerprint density at radius 2 is 1.52 bits per heavy atom. The minimum Gasteiger partial charge on any atom is -0.354 e. The number of rotatable bonds is 13. The van der Waals surface area contributed by atoms with Crippen LogP contribution in [0.15, 0.2) is 77.7 Å². The van der Waals surface area contributed by atoms with Gasteiger partial charge in [-0.1, -0.05) is 74.3 Å². The van der Waals surface area contributed by atoms with Gasteiger partial charge in [0.1, 0.15) is 12.6 Å². The summed E-state index contributed by atoms with van der Waals surface area (Å²) < 4.78 is 29.0. The van der Waals surface area contributed by atoms with E-state index in [0.29, 0.717) is 29.2 Å². The number of carbonyl (C=O) groups is 2. The number of unbranched alkanes of at least 4 members (excludes halogenated alkanes) is 1. The monoisotopic (exact) mass is 583 g/mol. The van der Waals surface area contributed by atoms with Gasteiger partial charge in [0.15, 0.2) is 0 Å². The van der Waals surface area contributed by atoms with Crippen molar-refractivity contribution in [2.24, 2.45) is 0 Å². The summed E-state index contributed by atoms with van der Waals surface area (Å²) >= 11 is 6.02. The van der Waals surface area contributed by atoms with E-state index in [1.165, 1.54) is 29.2 Å². The Kier molecular flexibility index (Phi) is 11.2. The van der Waals surface area contributed by atoms with E-state index in [0.717, 1.165) is 28.3 Å². The Hall–Kier alpha value is -3.36. The van der Waals surface area contributed by atoms with Crippen LogP contribution in [-0.2, 0) is 26.2 Å². The Balaban J connectivity index is 2.06. The zero-order valence-electron chi connectivity index (χ0n) is 23.6. The molecule has 9 heteroatoms. The number of sulfonamides is 1. The van der Waals surface area contributed by atoms with Gasteiger partial charge in [0.05, 0.1) is 10.6 Å². The topological polar surface area (TPSA) is 86.8 Å². The first-order valence-corrected chi connectivity index (χ1v) is 15.4. The minimum atomic E-state index is -4.15. The van der Waals surface area contributed by atoms with Crippen molar-refractivity contribution in [1.29, 1.82) is 0 Å². The van der Waals surface area contributed by atoms with E-state index in [9.17, 15) is 18.0 Å². The van der Waals surface area contributed by atoms with Crippen molar-refractivity contribution in [2.75, 3.05) is 17.4 Å². The maximum atomic E-state index is 14.1. The molecule has 2 amide bonds. The lowest BCUT2D eigenvalue weighted by atomic mass is 10.1. The number of aryl methyl sites for hydroxylation is 2. The van der Waals surface area contributed by atoms with Gasteiger partial charge in [-0.15, -0.1) is 0 Å². The molecule has 214 valence electrons. The number of nitrogens with one attached hydrogen (secondary N) is 1. The molecule has 1 unspecified atom stereocenters. The lowest BCUT2D eigenvalue weighted by Gasteiger charge is -2.34. The lowest BCUT2D eigenvalue weighted by Crippen LogP contribution is -2.52. The van der Waals surface area contributed by atoms with Crippen molar-refractivity contribution < 1.29 is 18.0 Å². The Bertz CT molecular complexity index is 1410. The molecule has 0 bridgehead atoms. The van der Waals surface area contributed by atoms with Crippen molar-refractivity contribution in [1.82, 2.24) is 10.2 Å². The molecule has 7 nitrogen and oxygen atoms in total. The Morgan fingerprint density at radius 1 is 0.900 bits per heavy atom. The standard InChI is InChI=1S/C31H38ClN3O4S/c1-5-7-20-33-31(37)28(6-2)34(21-25-14-10-8-12-23(25)3)30(36)22-35(29-15-11-9-13-24(29)4)40(38,39)27-18-16-26(32)17-19-27/h8-19,28H,5-7,20-22H2,1-4H3,(H,33,37). The third kappa shape index (κ3) is 7.64. The molecule has 1 atom stereocenters. The van der Waals surface area contributed by atoms with Crippen LogP contribution in [0.2, 0.25) is 5.02 Å². The second kappa shape index (κ2) is 14.3. The summed E-state index contributed by atoms with van der Waals surface area (Å²) in [6, 6.07) is 19.8. The molecular formula is C31H38ClN3O4S. The summed E-state index contributed by atoms with van der Waals surface area (Å²) in [5.74, 6) is -0.720. The van der Waals surface area contributed by atoms with Crippen LogP contribution in [0.1, 0.15) is 49.8 Å². The molecule has 0 aliphatic carbocycles. The van der Waals surface area contributed by atoms with Crippen LogP contribution in [0.3, 0.4) is 0 Å². The van der Waals surface area contributed by atoms with E-state index < -0.39 is 28.5 Å². The van der Waals surface area contributed by atoms with Crippen molar-refractivity contribution in [2.45, 2.75) is 64.4 Å². The number of benzene rings is 3. The summed E-state index contributed by atoms with van der Waals surface area (Å²) in [6.45, 7) is 7.85. The van der Waals surface area contributed by atoms with E-state index in [4.69, 9.17) is 11.6 Å². The van der Waals surface area contributed by atoms with Crippen LogP contribution in [0.5, 0.6) is 0 Å². The van der Waals surface area contributed by atoms with Gasteiger partial charge >= 0.3 is 0 Å². The molecule has 0 aliphatic heterocycles. The fraction of sp³-hybridized carbons (Fsp3) is 0.355. The molecule has 0 fully saturated rings. The third-order valence-corrected chi connectivity index (χ3v) is 8.91. The number of para-hydroxylation sites is 1. The summed E-state index contributed by atoms with van der Waals surface area (Å²) in [7, 11) is -4.15. The molecule has 0 heterocycles. The molecule has 40 heavy (non-hydrogen) atoms. The number of nitrogens with zero attached hydrogens (tertiary/aromatic N) is 2. The summed E-state index contributed by atoms with van der Waals surface area (Å²) in [5, 5.41) is 3.35. The van der Waals surface area contributed by atoms with Gasteiger partial charge < -0.3 is 10.2 Å². The van der Waals surface area contributed by atoms with Gasteiger partial charge in [-0.2, -0.15) is 0 Å². The summed E-state index contributed by atoms with van der Waals surface area (Å²) in [4.78, 5) is 28.9. The molecule has 0 radical (unpaired) electrons. The summed E-state index contributed by atoms with van der Waals surface area (Å²) in [5.41, 5.74) is 2.95. The number of anilines is 1. The predicted molar refractivity (Wildman–Crippen MR) is 161 cm³/mol. The number of hydrogen-bond acceptors (Lipinski definition) is 4. The second-order valence-electron chi connectivity index (χ2n) is 9.77. The molecule has 0 aliphatic rings. The van der Waals surface area contributed by atoms with E-state index >= 15 is 0 Å². The average Bonchev–Trinajstić information content (AvgIpc) is 2.93. The van der Waals surface area contributed by atoms with Crippen LogP contribution in [0.4, 0.5) is 5.69 Å². The Labute approximate surface area is 243 Å². The van der Waals surface area contributed by atoms with Crippen LogP contribution < -0.4 is 9.62 Å². The number of halogens is 1. The van der Waals surface area contributed by atoms with Gasteiger partial charge in [0, 0.05) is 18.1 Å². The van der Waals surface area contributed by atoms with Gasteiger partial charge in [-0.3, -0.25) is 13.9 Å². The smallest absolute Gasteiger partial charge is 0.264 e. The maximum absolute atomic E-state index is 14.1. The second-order valence-corrected chi connectivity index (χ2v) is 12.1. The first kappa shape index (κ1) is 31.2. The highest BCUT2D eigenvalue weighted by Gasteiger charge is 2.34. The normalized spacial score (nSPS) is 12.0. The molecule has 3 rings (SSSR count). The number of carbonyl (C=O) groups excluding carboxylic acids is 2. The first-order valence-electron chi connectivity index (χ1n) is 13.6. The van der Waals surface area contributed by atoms with Crippen molar-refractivity contribution in [3.63, 3.8) is 0 Å². The minimum absolute atomic E-state index is 0.0164. The zero-order valence-corrected chi connectivity index (χ0v) is 25.1. The van der Waals surface area contributed by atoms with Crippen molar-refractivity contribution >= 4 is 39.1 Å². The van der Waals surface area contributed by atoms with E-state index in [2.05, 4.69) is 5.32 Å². The molecule has 1 N–H and O–H groups in total. The van der Waals surface area contributed by atoms with Gasteiger partial charge in [0.2, 0.25) is 11.8 Å². The third-order valence-electron chi connectivity index (χ3n) is 6.88. The van der Waals surface area contributed by atoms with Gasteiger partial charge in [-0.25, -0.2) is 8.42 Å². The average molecular weight is 584 g/mol. The van der Waals surface area contributed by atoms with Crippen LogP contribution >= 0.6 is 11.6 Å². The zero-order chi connectivity index (χ0) is 29.3.